The molecule has 0 saturated heterocycles. The SMILES string of the molecule is CC(Oc1ccc(C(C)(C)C)cc1)C(=O)NCC1=CCNCC1. The van der Waals surface area contributed by atoms with E-state index in [9.17, 15) is 4.79 Å². The number of rotatable bonds is 5. The van der Waals surface area contributed by atoms with Crippen molar-refractivity contribution >= 4 is 5.91 Å². The van der Waals surface area contributed by atoms with Crippen LogP contribution in [0, 0.1) is 0 Å². The van der Waals surface area contributed by atoms with Gasteiger partial charge in [0.25, 0.3) is 5.91 Å². The van der Waals surface area contributed by atoms with Crippen LogP contribution in [0.25, 0.3) is 0 Å². The van der Waals surface area contributed by atoms with Gasteiger partial charge < -0.3 is 15.4 Å². The molecule has 1 atom stereocenters. The molecule has 0 aliphatic carbocycles. The fraction of sp³-hybridized carbons (Fsp3) is 0.526. The van der Waals surface area contributed by atoms with Crippen LogP contribution in [0.1, 0.15) is 39.7 Å². The zero-order valence-corrected chi connectivity index (χ0v) is 14.6. The summed E-state index contributed by atoms with van der Waals surface area (Å²) in [6, 6.07) is 7.97. The summed E-state index contributed by atoms with van der Waals surface area (Å²) >= 11 is 0. The maximum Gasteiger partial charge on any atom is 0.261 e. The Balaban J connectivity index is 1.84. The van der Waals surface area contributed by atoms with Crippen LogP contribution >= 0.6 is 0 Å². The maximum atomic E-state index is 12.1. The van der Waals surface area contributed by atoms with Crippen LogP contribution in [0.5, 0.6) is 5.75 Å². The molecule has 1 aliphatic rings. The van der Waals surface area contributed by atoms with Crippen molar-refractivity contribution < 1.29 is 9.53 Å². The Bertz CT molecular complexity index is 556. The Morgan fingerprint density at radius 3 is 2.57 bits per heavy atom. The molecule has 1 aromatic rings. The summed E-state index contributed by atoms with van der Waals surface area (Å²) in [5.74, 6) is 0.645. The molecule has 0 fully saturated rings. The van der Waals surface area contributed by atoms with Gasteiger partial charge >= 0.3 is 0 Å². The number of carbonyl (C=O) groups is 1. The minimum Gasteiger partial charge on any atom is -0.481 e. The molecule has 0 aromatic heterocycles. The molecule has 2 N–H and O–H groups in total. The first-order valence-electron chi connectivity index (χ1n) is 8.30. The molecular formula is C19H28N2O2. The van der Waals surface area contributed by atoms with Crippen molar-refractivity contribution in [2.75, 3.05) is 19.6 Å². The molecule has 0 bridgehead atoms. The van der Waals surface area contributed by atoms with Crippen molar-refractivity contribution in [2.24, 2.45) is 0 Å². The summed E-state index contributed by atoms with van der Waals surface area (Å²) in [7, 11) is 0. The Morgan fingerprint density at radius 2 is 2.00 bits per heavy atom. The Hall–Kier alpha value is -1.81. The van der Waals surface area contributed by atoms with Crippen LogP contribution < -0.4 is 15.4 Å². The molecule has 1 unspecified atom stereocenters. The van der Waals surface area contributed by atoms with Crippen LogP contribution in [0.2, 0.25) is 0 Å². The van der Waals surface area contributed by atoms with E-state index >= 15 is 0 Å². The first kappa shape index (κ1) is 17.5. The number of ether oxygens (including phenoxy) is 1. The van der Waals surface area contributed by atoms with E-state index in [1.807, 2.05) is 12.1 Å². The first-order valence-corrected chi connectivity index (χ1v) is 8.30. The van der Waals surface area contributed by atoms with Crippen LogP contribution in [-0.2, 0) is 10.2 Å². The number of carbonyl (C=O) groups excluding carboxylic acids is 1. The summed E-state index contributed by atoms with van der Waals surface area (Å²) < 4.78 is 5.74. The molecule has 0 radical (unpaired) electrons. The second kappa shape index (κ2) is 7.64. The van der Waals surface area contributed by atoms with Crippen molar-refractivity contribution in [3.63, 3.8) is 0 Å². The van der Waals surface area contributed by atoms with Gasteiger partial charge in [0.15, 0.2) is 6.10 Å². The quantitative estimate of drug-likeness (QED) is 0.821. The molecule has 23 heavy (non-hydrogen) atoms. The lowest BCUT2D eigenvalue weighted by Gasteiger charge is -2.20. The third-order valence-corrected chi connectivity index (χ3v) is 4.05. The fourth-order valence-electron chi connectivity index (χ4n) is 2.47. The summed E-state index contributed by atoms with van der Waals surface area (Å²) in [6.07, 6.45) is 2.63. The van der Waals surface area contributed by atoms with Crippen molar-refractivity contribution in [1.82, 2.24) is 10.6 Å². The minimum atomic E-state index is -0.502. The number of hydrogen-bond acceptors (Lipinski definition) is 3. The molecule has 4 nitrogen and oxygen atoms in total. The Kier molecular flexibility index (Phi) is 5.83. The highest BCUT2D eigenvalue weighted by Gasteiger charge is 2.17. The normalized spacial score (nSPS) is 16.4. The lowest BCUT2D eigenvalue weighted by Crippen LogP contribution is -2.38. The van der Waals surface area contributed by atoms with Gasteiger partial charge in [-0.1, -0.05) is 44.6 Å². The molecule has 1 aliphatic heterocycles. The monoisotopic (exact) mass is 316 g/mol. The molecule has 4 heteroatoms. The Labute approximate surface area is 139 Å². The average molecular weight is 316 g/mol. The highest BCUT2D eigenvalue weighted by atomic mass is 16.5. The number of hydrogen-bond donors (Lipinski definition) is 2. The van der Waals surface area contributed by atoms with Gasteiger partial charge in [0.2, 0.25) is 0 Å². The fourth-order valence-corrected chi connectivity index (χ4v) is 2.47. The molecule has 126 valence electrons. The van der Waals surface area contributed by atoms with Gasteiger partial charge in [-0.15, -0.1) is 0 Å². The predicted molar refractivity (Wildman–Crippen MR) is 93.8 cm³/mol. The highest BCUT2D eigenvalue weighted by molar-refractivity contribution is 5.80. The van der Waals surface area contributed by atoms with E-state index in [1.54, 1.807) is 6.92 Å². The summed E-state index contributed by atoms with van der Waals surface area (Å²) in [5, 5.41) is 6.21. The highest BCUT2D eigenvalue weighted by Crippen LogP contribution is 2.24. The third kappa shape index (κ3) is 5.39. The van der Waals surface area contributed by atoms with Crippen LogP contribution in [0.15, 0.2) is 35.9 Å². The molecule has 1 amide bonds. The van der Waals surface area contributed by atoms with E-state index in [-0.39, 0.29) is 11.3 Å². The lowest BCUT2D eigenvalue weighted by molar-refractivity contribution is -0.127. The maximum absolute atomic E-state index is 12.1. The largest absolute Gasteiger partial charge is 0.481 e. The zero-order chi connectivity index (χ0) is 16.9. The summed E-state index contributed by atoms with van der Waals surface area (Å²) in [6.45, 7) is 10.8. The lowest BCUT2D eigenvalue weighted by atomic mass is 9.87. The second-order valence-electron chi connectivity index (χ2n) is 7.07. The third-order valence-electron chi connectivity index (χ3n) is 4.05. The predicted octanol–water partition coefficient (Wildman–Crippen LogP) is 2.79. The van der Waals surface area contributed by atoms with E-state index in [2.05, 4.69) is 49.6 Å². The van der Waals surface area contributed by atoms with Gasteiger partial charge in [-0.3, -0.25) is 4.79 Å². The van der Waals surface area contributed by atoms with E-state index in [4.69, 9.17) is 4.74 Å². The van der Waals surface area contributed by atoms with E-state index in [1.165, 1.54) is 11.1 Å². The van der Waals surface area contributed by atoms with Crippen LogP contribution in [-0.4, -0.2) is 31.6 Å². The molecule has 0 saturated carbocycles. The van der Waals surface area contributed by atoms with Crippen molar-refractivity contribution in [2.45, 2.75) is 45.6 Å². The number of benzene rings is 1. The summed E-state index contributed by atoms with van der Waals surface area (Å²) in [5.41, 5.74) is 2.64. The molecule has 0 spiro atoms. The Morgan fingerprint density at radius 1 is 1.30 bits per heavy atom. The van der Waals surface area contributed by atoms with Gasteiger partial charge in [-0.2, -0.15) is 0 Å². The average Bonchev–Trinajstić information content (AvgIpc) is 2.53. The molecule has 1 aromatic carbocycles. The van der Waals surface area contributed by atoms with Crippen molar-refractivity contribution in [3.8, 4) is 5.75 Å². The summed E-state index contributed by atoms with van der Waals surface area (Å²) in [4.78, 5) is 12.1. The van der Waals surface area contributed by atoms with E-state index in [0.717, 1.165) is 25.3 Å². The second-order valence-corrected chi connectivity index (χ2v) is 7.07. The standard InChI is InChI=1S/C19H28N2O2/c1-14(18(22)21-13-15-9-11-20-12-10-15)23-17-7-5-16(6-8-17)19(2,3)4/h5-9,14,20H,10-13H2,1-4H3,(H,21,22). The minimum absolute atomic E-state index is 0.0793. The van der Waals surface area contributed by atoms with Gasteiger partial charge in [0.1, 0.15) is 5.75 Å². The molecular weight excluding hydrogens is 288 g/mol. The topological polar surface area (TPSA) is 50.4 Å². The number of amides is 1. The van der Waals surface area contributed by atoms with Crippen LogP contribution in [0.3, 0.4) is 0 Å². The first-order chi connectivity index (χ1) is 10.9. The molecule has 1 heterocycles. The van der Waals surface area contributed by atoms with Crippen LogP contribution in [0.4, 0.5) is 0 Å². The van der Waals surface area contributed by atoms with Gasteiger partial charge in [0.05, 0.1) is 0 Å². The zero-order valence-electron chi connectivity index (χ0n) is 14.6. The van der Waals surface area contributed by atoms with Gasteiger partial charge in [-0.05, 0) is 43.0 Å². The smallest absolute Gasteiger partial charge is 0.261 e. The molecule has 2 rings (SSSR count). The van der Waals surface area contributed by atoms with Crippen molar-refractivity contribution in [1.29, 1.82) is 0 Å². The van der Waals surface area contributed by atoms with E-state index < -0.39 is 6.10 Å². The van der Waals surface area contributed by atoms with Gasteiger partial charge in [-0.25, -0.2) is 0 Å². The van der Waals surface area contributed by atoms with Crippen molar-refractivity contribution in [3.05, 3.63) is 41.5 Å². The van der Waals surface area contributed by atoms with Gasteiger partial charge in [0, 0.05) is 13.1 Å². The van der Waals surface area contributed by atoms with E-state index in [0.29, 0.717) is 6.54 Å². The number of nitrogens with one attached hydrogen (secondary N) is 2.